The quantitative estimate of drug-likeness (QED) is 0.549. The molecule has 3 N–H and O–H groups in total. The number of rotatable bonds is 5. The van der Waals surface area contributed by atoms with Gasteiger partial charge in [-0.25, -0.2) is 4.39 Å². The third-order valence-corrected chi connectivity index (χ3v) is 3.76. The summed E-state index contributed by atoms with van der Waals surface area (Å²) in [5, 5.41) is 3.67. The van der Waals surface area contributed by atoms with Crippen LogP contribution in [0.15, 0.2) is 42.5 Å². The van der Waals surface area contributed by atoms with Crippen LogP contribution in [0.3, 0.4) is 0 Å². The molecule has 0 aromatic heterocycles. The number of carbonyl (C=O) groups is 1. The zero-order valence-electron chi connectivity index (χ0n) is 13.4. The van der Waals surface area contributed by atoms with E-state index in [4.69, 9.17) is 28.6 Å². The molecule has 0 saturated heterocycles. The van der Waals surface area contributed by atoms with Crippen molar-refractivity contribution in [3.63, 3.8) is 0 Å². The number of ether oxygens (including phenoxy) is 1. The summed E-state index contributed by atoms with van der Waals surface area (Å²) in [5.74, 6) is -0.0174. The first-order valence-electron chi connectivity index (χ1n) is 7.37. The highest BCUT2D eigenvalue weighted by Gasteiger charge is 2.09. The molecule has 0 fully saturated rings. The SMILES string of the molecule is COc1ccc(Cl)cc1CC(=O)NNC(=S)NCc1ccc(F)cc1. The molecule has 0 saturated carbocycles. The molecule has 0 aliphatic carbocycles. The summed E-state index contributed by atoms with van der Waals surface area (Å²) in [7, 11) is 1.53. The number of hydrazine groups is 1. The van der Waals surface area contributed by atoms with Gasteiger partial charge in [-0.05, 0) is 48.1 Å². The van der Waals surface area contributed by atoms with Crippen molar-refractivity contribution in [1.82, 2.24) is 16.2 Å². The Morgan fingerprint density at radius 3 is 2.60 bits per heavy atom. The number of methoxy groups -OCH3 is 1. The van der Waals surface area contributed by atoms with E-state index in [1.54, 1.807) is 30.3 Å². The summed E-state index contributed by atoms with van der Waals surface area (Å²) < 4.78 is 18.0. The Hall–Kier alpha value is -2.38. The Morgan fingerprint density at radius 2 is 1.92 bits per heavy atom. The van der Waals surface area contributed by atoms with Gasteiger partial charge in [0.1, 0.15) is 11.6 Å². The Kier molecular flexibility index (Phi) is 6.97. The lowest BCUT2D eigenvalue weighted by atomic mass is 10.1. The molecule has 0 aliphatic heterocycles. The van der Waals surface area contributed by atoms with Crippen molar-refractivity contribution in [1.29, 1.82) is 0 Å². The minimum atomic E-state index is -0.300. The van der Waals surface area contributed by atoms with Gasteiger partial charge in [0.15, 0.2) is 5.11 Å². The van der Waals surface area contributed by atoms with Crippen molar-refractivity contribution in [2.45, 2.75) is 13.0 Å². The molecule has 1 amide bonds. The lowest BCUT2D eigenvalue weighted by Gasteiger charge is -2.13. The van der Waals surface area contributed by atoms with Gasteiger partial charge in [0.25, 0.3) is 0 Å². The van der Waals surface area contributed by atoms with Crippen LogP contribution in [0.5, 0.6) is 5.75 Å². The van der Waals surface area contributed by atoms with Gasteiger partial charge in [0.05, 0.1) is 13.5 Å². The first-order chi connectivity index (χ1) is 12.0. The minimum Gasteiger partial charge on any atom is -0.496 e. The molecule has 0 atom stereocenters. The predicted molar refractivity (Wildman–Crippen MR) is 98.8 cm³/mol. The molecule has 0 spiro atoms. The fraction of sp³-hybridized carbons (Fsp3) is 0.176. The van der Waals surface area contributed by atoms with Crippen LogP contribution in [0, 0.1) is 5.82 Å². The van der Waals surface area contributed by atoms with Crippen molar-refractivity contribution < 1.29 is 13.9 Å². The van der Waals surface area contributed by atoms with E-state index in [0.717, 1.165) is 5.56 Å². The van der Waals surface area contributed by atoms with Gasteiger partial charge in [0.2, 0.25) is 5.91 Å². The first kappa shape index (κ1) is 19.0. The molecule has 0 aliphatic rings. The lowest BCUT2D eigenvalue weighted by Crippen LogP contribution is -2.47. The van der Waals surface area contributed by atoms with Gasteiger partial charge < -0.3 is 10.1 Å². The predicted octanol–water partition coefficient (Wildman–Crippen LogP) is 2.73. The number of nitrogens with one attached hydrogen (secondary N) is 3. The highest BCUT2D eigenvalue weighted by molar-refractivity contribution is 7.80. The number of benzene rings is 2. The molecular formula is C17H17ClFN3O2S. The van der Waals surface area contributed by atoms with Crippen LogP contribution in [0.25, 0.3) is 0 Å². The fourth-order valence-corrected chi connectivity index (χ4v) is 2.38. The van der Waals surface area contributed by atoms with Crippen LogP contribution in [-0.2, 0) is 17.8 Å². The van der Waals surface area contributed by atoms with E-state index in [-0.39, 0.29) is 23.3 Å². The van der Waals surface area contributed by atoms with Gasteiger partial charge in [-0.1, -0.05) is 23.7 Å². The summed E-state index contributed by atoms with van der Waals surface area (Å²) >= 11 is 11.0. The summed E-state index contributed by atoms with van der Waals surface area (Å²) in [6, 6.07) is 11.1. The Labute approximate surface area is 155 Å². The maximum Gasteiger partial charge on any atom is 0.242 e. The molecule has 0 unspecified atom stereocenters. The van der Waals surface area contributed by atoms with Crippen LogP contribution < -0.4 is 20.9 Å². The standard InChI is InChI=1S/C17H17ClFN3O2S/c1-24-15-7-4-13(18)8-12(15)9-16(23)21-22-17(25)20-10-11-2-5-14(19)6-3-11/h2-8H,9-10H2,1H3,(H,21,23)(H2,20,22,25). The maximum absolute atomic E-state index is 12.8. The molecule has 2 aromatic rings. The summed E-state index contributed by atoms with van der Waals surface area (Å²) in [6.07, 6.45) is 0.0807. The molecule has 0 heterocycles. The molecule has 8 heteroatoms. The molecular weight excluding hydrogens is 365 g/mol. The normalized spacial score (nSPS) is 10.0. The van der Waals surface area contributed by atoms with Gasteiger partial charge in [0, 0.05) is 17.1 Å². The van der Waals surface area contributed by atoms with E-state index in [2.05, 4.69) is 16.2 Å². The Bertz CT molecular complexity index is 756. The van der Waals surface area contributed by atoms with Crippen LogP contribution in [-0.4, -0.2) is 18.1 Å². The van der Waals surface area contributed by atoms with E-state index >= 15 is 0 Å². The first-order valence-corrected chi connectivity index (χ1v) is 8.16. The second-order valence-corrected chi connectivity index (χ2v) is 5.96. The number of thiocarbonyl (C=S) groups is 1. The van der Waals surface area contributed by atoms with Crippen molar-refractivity contribution in [2.75, 3.05) is 7.11 Å². The number of hydrogen-bond acceptors (Lipinski definition) is 3. The second-order valence-electron chi connectivity index (χ2n) is 5.12. The number of halogens is 2. The van der Waals surface area contributed by atoms with Crippen molar-refractivity contribution >= 4 is 34.8 Å². The monoisotopic (exact) mass is 381 g/mol. The van der Waals surface area contributed by atoms with Crippen molar-refractivity contribution in [3.8, 4) is 5.75 Å². The van der Waals surface area contributed by atoms with E-state index in [9.17, 15) is 9.18 Å². The zero-order valence-corrected chi connectivity index (χ0v) is 15.0. The molecule has 2 aromatic carbocycles. The Morgan fingerprint density at radius 1 is 1.20 bits per heavy atom. The molecule has 5 nitrogen and oxygen atoms in total. The topological polar surface area (TPSA) is 62.4 Å². The molecule has 2 rings (SSSR count). The van der Waals surface area contributed by atoms with Gasteiger partial charge in [-0.2, -0.15) is 0 Å². The Balaban J connectivity index is 1.78. The van der Waals surface area contributed by atoms with Gasteiger partial charge in [-0.15, -0.1) is 0 Å². The number of amides is 1. The smallest absolute Gasteiger partial charge is 0.242 e. The van der Waals surface area contributed by atoms with E-state index in [1.165, 1.54) is 19.2 Å². The molecule has 0 radical (unpaired) electrons. The van der Waals surface area contributed by atoms with Crippen molar-refractivity contribution in [3.05, 3.63) is 64.4 Å². The molecule has 25 heavy (non-hydrogen) atoms. The van der Waals surface area contributed by atoms with Gasteiger partial charge in [-0.3, -0.25) is 15.6 Å². The minimum absolute atomic E-state index is 0.0807. The van der Waals surface area contributed by atoms with Crippen LogP contribution in [0.2, 0.25) is 5.02 Å². The van der Waals surface area contributed by atoms with Crippen LogP contribution in [0.4, 0.5) is 4.39 Å². The van der Waals surface area contributed by atoms with Gasteiger partial charge >= 0.3 is 0 Å². The van der Waals surface area contributed by atoms with Crippen molar-refractivity contribution in [2.24, 2.45) is 0 Å². The van der Waals surface area contributed by atoms with E-state index < -0.39 is 0 Å². The molecule has 132 valence electrons. The van der Waals surface area contributed by atoms with Crippen LogP contribution >= 0.6 is 23.8 Å². The second kappa shape index (κ2) is 9.19. The third kappa shape index (κ3) is 6.21. The lowest BCUT2D eigenvalue weighted by molar-refractivity contribution is -0.121. The zero-order chi connectivity index (χ0) is 18.2. The highest BCUT2D eigenvalue weighted by atomic mass is 35.5. The third-order valence-electron chi connectivity index (χ3n) is 3.28. The summed E-state index contributed by atoms with van der Waals surface area (Å²) in [4.78, 5) is 12.0. The maximum atomic E-state index is 12.8. The highest BCUT2D eigenvalue weighted by Crippen LogP contribution is 2.22. The van der Waals surface area contributed by atoms with Crippen LogP contribution in [0.1, 0.15) is 11.1 Å². The summed E-state index contributed by atoms with van der Waals surface area (Å²) in [5.41, 5.74) is 6.63. The largest absolute Gasteiger partial charge is 0.496 e. The average Bonchev–Trinajstić information content (AvgIpc) is 2.59. The van der Waals surface area contributed by atoms with E-state index in [0.29, 0.717) is 22.9 Å². The average molecular weight is 382 g/mol. The number of carbonyl (C=O) groups excluding carboxylic acids is 1. The number of hydrogen-bond donors (Lipinski definition) is 3. The molecule has 0 bridgehead atoms. The van der Waals surface area contributed by atoms with E-state index in [1.807, 2.05) is 0 Å². The fourth-order valence-electron chi connectivity index (χ4n) is 2.06. The summed E-state index contributed by atoms with van der Waals surface area (Å²) in [6.45, 7) is 0.407.